The van der Waals surface area contributed by atoms with Crippen LogP contribution in [0.2, 0.25) is 0 Å². The number of pyridine rings is 1. The van der Waals surface area contributed by atoms with E-state index in [4.69, 9.17) is 4.98 Å². The summed E-state index contributed by atoms with van der Waals surface area (Å²) in [4.78, 5) is 22.5. The molecule has 156 valence electrons. The molecule has 1 aliphatic heterocycles. The van der Waals surface area contributed by atoms with Crippen molar-refractivity contribution in [3.63, 3.8) is 0 Å². The predicted molar refractivity (Wildman–Crippen MR) is 118 cm³/mol. The number of nitrogens with zero attached hydrogens (tertiary/aromatic N) is 5. The number of piperazine rings is 1. The second kappa shape index (κ2) is 7.72. The molecule has 2 aliphatic rings. The molecule has 7 heteroatoms. The first-order valence-corrected chi connectivity index (χ1v) is 10.7. The minimum Gasteiger partial charge on any atom is -0.369 e. The molecule has 1 aliphatic carbocycles. The van der Waals surface area contributed by atoms with Gasteiger partial charge in [-0.25, -0.2) is 4.98 Å². The molecule has 1 aromatic carbocycles. The van der Waals surface area contributed by atoms with Crippen molar-refractivity contribution >= 4 is 22.6 Å². The molecule has 3 heterocycles. The van der Waals surface area contributed by atoms with Gasteiger partial charge in [0.05, 0.1) is 17.1 Å². The van der Waals surface area contributed by atoms with Gasteiger partial charge >= 0.3 is 0 Å². The molecule has 1 amide bonds. The molecular weight excluding hydrogens is 376 g/mol. The average molecular weight is 405 g/mol. The van der Waals surface area contributed by atoms with Crippen LogP contribution >= 0.6 is 0 Å². The molecule has 1 N–H and O–H groups in total. The van der Waals surface area contributed by atoms with Crippen LogP contribution in [0.25, 0.3) is 11.0 Å². The Bertz CT molecular complexity index is 1060. The topological polar surface area (TPSA) is 66.3 Å². The van der Waals surface area contributed by atoms with Crippen LogP contribution in [0.1, 0.15) is 40.4 Å². The summed E-state index contributed by atoms with van der Waals surface area (Å²) in [5.74, 6) is 0.415. The smallest absolute Gasteiger partial charge is 0.252 e. The Labute approximate surface area is 176 Å². The van der Waals surface area contributed by atoms with Gasteiger partial charge in [0.25, 0.3) is 5.91 Å². The van der Waals surface area contributed by atoms with Gasteiger partial charge in [-0.3, -0.25) is 9.48 Å². The number of likely N-dealkylation sites (N-methyl/N-ethyl adjacent to an activating group) is 1. The van der Waals surface area contributed by atoms with E-state index in [1.54, 1.807) is 10.9 Å². The molecule has 0 radical (unpaired) electrons. The van der Waals surface area contributed by atoms with Crippen molar-refractivity contribution in [1.29, 1.82) is 0 Å². The highest BCUT2D eigenvalue weighted by atomic mass is 16.1. The van der Waals surface area contributed by atoms with Gasteiger partial charge in [0.15, 0.2) is 5.65 Å². The lowest BCUT2D eigenvalue weighted by atomic mass is 10.1. The summed E-state index contributed by atoms with van der Waals surface area (Å²) in [5.41, 5.74) is 4.80. The molecule has 0 bridgehead atoms. The number of benzene rings is 1. The summed E-state index contributed by atoms with van der Waals surface area (Å²) in [6, 6.07) is 10.5. The lowest BCUT2D eigenvalue weighted by Crippen LogP contribution is -2.44. The van der Waals surface area contributed by atoms with Gasteiger partial charge in [-0.1, -0.05) is 12.1 Å². The van der Waals surface area contributed by atoms with E-state index < -0.39 is 0 Å². The standard InChI is InChI=1S/C23H28N6O/c1-27-9-11-29(12-10-27)18-7-3-16(4-8-18)14-24-23(30)19-13-21(17-5-6-17)26-22-20(19)15-25-28(22)2/h3-4,7-8,13,15,17H,5-6,9-12,14H2,1-2H3,(H,24,30). The number of fused-ring (bicyclic) bond motifs is 1. The summed E-state index contributed by atoms with van der Waals surface area (Å²) in [6.07, 6.45) is 4.03. The summed E-state index contributed by atoms with van der Waals surface area (Å²) >= 11 is 0. The highest BCUT2D eigenvalue weighted by Crippen LogP contribution is 2.40. The van der Waals surface area contributed by atoms with Crippen molar-refractivity contribution in [3.8, 4) is 0 Å². The minimum atomic E-state index is -0.0690. The molecule has 0 unspecified atom stereocenters. The van der Waals surface area contributed by atoms with Gasteiger partial charge < -0.3 is 15.1 Å². The van der Waals surface area contributed by atoms with E-state index in [-0.39, 0.29) is 5.91 Å². The van der Waals surface area contributed by atoms with Crippen LogP contribution in [0.3, 0.4) is 0 Å². The Morgan fingerprint density at radius 2 is 1.83 bits per heavy atom. The fourth-order valence-corrected chi connectivity index (χ4v) is 4.08. The maximum atomic E-state index is 13.0. The number of anilines is 1. The monoisotopic (exact) mass is 404 g/mol. The zero-order chi connectivity index (χ0) is 20.7. The van der Waals surface area contributed by atoms with Gasteiger partial charge in [-0.05, 0) is 43.7 Å². The number of aryl methyl sites for hydroxylation is 1. The molecule has 7 nitrogen and oxygen atoms in total. The molecule has 30 heavy (non-hydrogen) atoms. The third kappa shape index (κ3) is 3.77. The minimum absolute atomic E-state index is 0.0690. The van der Waals surface area contributed by atoms with Crippen molar-refractivity contribution in [1.82, 2.24) is 25.0 Å². The van der Waals surface area contributed by atoms with E-state index in [1.807, 2.05) is 13.1 Å². The van der Waals surface area contributed by atoms with Gasteiger partial charge in [-0.15, -0.1) is 0 Å². The van der Waals surface area contributed by atoms with E-state index in [1.165, 1.54) is 5.69 Å². The number of aromatic nitrogens is 3. The van der Waals surface area contributed by atoms with Crippen LogP contribution in [0.4, 0.5) is 5.69 Å². The number of hydrogen-bond donors (Lipinski definition) is 1. The molecule has 0 atom stereocenters. The van der Waals surface area contributed by atoms with E-state index in [9.17, 15) is 4.79 Å². The zero-order valence-electron chi connectivity index (χ0n) is 17.6. The Morgan fingerprint density at radius 3 is 2.53 bits per heavy atom. The quantitative estimate of drug-likeness (QED) is 0.708. The highest BCUT2D eigenvalue weighted by molar-refractivity contribution is 6.05. The Kier molecular flexibility index (Phi) is 4.90. The third-order valence-corrected chi connectivity index (χ3v) is 6.22. The summed E-state index contributed by atoms with van der Waals surface area (Å²) < 4.78 is 1.75. The molecule has 1 saturated heterocycles. The van der Waals surface area contributed by atoms with E-state index in [2.05, 4.69) is 51.5 Å². The van der Waals surface area contributed by atoms with Crippen LogP contribution in [0, 0.1) is 0 Å². The Morgan fingerprint density at radius 1 is 1.10 bits per heavy atom. The third-order valence-electron chi connectivity index (χ3n) is 6.22. The van der Waals surface area contributed by atoms with E-state index >= 15 is 0 Å². The van der Waals surface area contributed by atoms with Gasteiger partial charge in [0, 0.05) is 57.1 Å². The fraction of sp³-hybridized carbons (Fsp3) is 0.435. The first-order valence-electron chi connectivity index (χ1n) is 10.7. The summed E-state index contributed by atoms with van der Waals surface area (Å²) in [5, 5.41) is 8.20. The second-order valence-corrected chi connectivity index (χ2v) is 8.51. The number of carbonyl (C=O) groups is 1. The maximum Gasteiger partial charge on any atom is 0.252 e. The van der Waals surface area contributed by atoms with Gasteiger partial charge in [-0.2, -0.15) is 5.10 Å². The van der Waals surface area contributed by atoms with Crippen LogP contribution in [-0.4, -0.2) is 58.8 Å². The van der Waals surface area contributed by atoms with Crippen LogP contribution in [-0.2, 0) is 13.6 Å². The van der Waals surface area contributed by atoms with Crippen LogP contribution in [0.5, 0.6) is 0 Å². The molecule has 3 aromatic rings. The van der Waals surface area contributed by atoms with E-state index in [0.29, 0.717) is 18.0 Å². The van der Waals surface area contributed by atoms with E-state index in [0.717, 1.165) is 61.3 Å². The highest BCUT2D eigenvalue weighted by Gasteiger charge is 2.27. The average Bonchev–Trinajstić information content (AvgIpc) is 3.56. The summed E-state index contributed by atoms with van der Waals surface area (Å²) in [6.45, 7) is 4.80. The lowest BCUT2D eigenvalue weighted by molar-refractivity contribution is 0.0952. The van der Waals surface area contributed by atoms with Crippen molar-refractivity contribution in [2.24, 2.45) is 7.05 Å². The molecular formula is C23H28N6O. The van der Waals surface area contributed by atoms with Crippen molar-refractivity contribution in [2.75, 3.05) is 38.1 Å². The molecule has 5 rings (SSSR count). The number of nitrogens with one attached hydrogen (secondary N) is 1. The van der Waals surface area contributed by atoms with Crippen LogP contribution in [0.15, 0.2) is 36.5 Å². The fourth-order valence-electron chi connectivity index (χ4n) is 4.08. The molecule has 2 aromatic heterocycles. The number of hydrogen-bond acceptors (Lipinski definition) is 5. The largest absolute Gasteiger partial charge is 0.369 e. The lowest BCUT2D eigenvalue weighted by Gasteiger charge is -2.34. The molecule has 1 saturated carbocycles. The molecule has 2 fully saturated rings. The Hall–Kier alpha value is -2.93. The number of rotatable bonds is 5. The summed E-state index contributed by atoms with van der Waals surface area (Å²) in [7, 11) is 4.04. The first-order chi connectivity index (χ1) is 14.6. The first kappa shape index (κ1) is 19.1. The van der Waals surface area contributed by atoms with Crippen molar-refractivity contribution in [2.45, 2.75) is 25.3 Å². The van der Waals surface area contributed by atoms with Gasteiger partial charge in [0.1, 0.15) is 0 Å². The Balaban J connectivity index is 1.28. The van der Waals surface area contributed by atoms with Crippen molar-refractivity contribution < 1.29 is 4.79 Å². The normalized spacial score (nSPS) is 17.5. The van der Waals surface area contributed by atoms with Crippen LogP contribution < -0.4 is 10.2 Å². The van der Waals surface area contributed by atoms with Gasteiger partial charge in [0.2, 0.25) is 0 Å². The zero-order valence-corrected chi connectivity index (χ0v) is 17.6. The number of amides is 1. The maximum absolute atomic E-state index is 13.0. The molecule has 0 spiro atoms. The SMILES string of the molecule is CN1CCN(c2ccc(CNC(=O)c3cc(C4CC4)nc4c3cnn4C)cc2)CC1. The van der Waals surface area contributed by atoms with Crippen molar-refractivity contribution in [3.05, 3.63) is 53.3 Å². The number of carbonyl (C=O) groups excluding carboxylic acids is 1. The predicted octanol–water partition coefficient (Wildman–Crippen LogP) is 2.53. The second-order valence-electron chi connectivity index (χ2n) is 8.51.